The van der Waals surface area contributed by atoms with Crippen molar-refractivity contribution < 1.29 is 27.4 Å². The van der Waals surface area contributed by atoms with Gasteiger partial charge in [-0.3, -0.25) is 9.36 Å². The topological polar surface area (TPSA) is 126 Å². The largest absolute Gasteiger partial charge is 0.395 e. The maximum atomic E-state index is 14.7. The van der Waals surface area contributed by atoms with Gasteiger partial charge >= 0.3 is 0 Å². The standard InChI is InChI=1S/C23H20F2N4O5S/c1-35(33,34)15-7-5-14(6-8-15)20-16-9-10-19(32)29(21-17(24)3-2-4-18(21)25)22(16)27-23(26-20)28(13-31)11-12-30/h2-10,30-31H,11-13H2,1H3. The lowest BCUT2D eigenvalue weighted by Gasteiger charge is -2.21. The van der Waals surface area contributed by atoms with Gasteiger partial charge in [-0.25, -0.2) is 22.2 Å². The highest BCUT2D eigenvalue weighted by Crippen LogP contribution is 2.30. The first-order chi connectivity index (χ1) is 16.7. The number of hydrogen-bond donors (Lipinski definition) is 2. The molecule has 2 aromatic heterocycles. The van der Waals surface area contributed by atoms with E-state index in [0.717, 1.165) is 35.1 Å². The molecule has 0 aliphatic rings. The molecule has 4 aromatic rings. The van der Waals surface area contributed by atoms with Crippen LogP contribution in [0.5, 0.6) is 0 Å². The third kappa shape index (κ3) is 4.63. The Hall–Kier alpha value is -3.74. The van der Waals surface area contributed by atoms with Crippen LogP contribution in [0.25, 0.3) is 28.0 Å². The molecule has 2 aromatic carbocycles. The van der Waals surface area contributed by atoms with Crippen LogP contribution in [0.4, 0.5) is 14.7 Å². The van der Waals surface area contributed by atoms with Gasteiger partial charge < -0.3 is 15.1 Å². The molecule has 0 unspecified atom stereocenters. The molecule has 0 amide bonds. The molecule has 0 saturated carbocycles. The Labute approximate surface area is 198 Å². The lowest BCUT2D eigenvalue weighted by atomic mass is 10.1. The number of aliphatic hydroxyl groups is 2. The van der Waals surface area contributed by atoms with Gasteiger partial charge in [0.15, 0.2) is 15.5 Å². The van der Waals surface area contributed by atoms with Crippen LogP contribution in [0.1, 0.15) is 0 Å². The lowest BCUT2D eigenvalue weighted by molar-refractivity contribution is 0.256. The Balaban J connectivity index is 2.09. The fraction of sp³-hybridized carbons (Fsp3) is 0.174. The SMILES string of the molecule is CS(=O)(=O)c1ccc(-c2nc(N(CO)CCO)nc3c2ccc(=O)n3-c2c(F)cccc2F)cc1. The van der Waals surface area contributed by atoms with E-state index in [4.69, 9.17) is 0 Å². The van der Waals surface area contributed by atoms with Gasteiger partial charge in [0.1, 0.15) is 24.1 Å². The third-order valence-corrected chi connectivity index (χ3v) is 6.41. The minimum Gasteiger partial charge on any atom is -0.395 e. The molecular formula is C23H20F2N4O5S. The summed E-state index contributed by atoms with van der Waals surface area (Å²) in [5.41, 5.74) is -0.907. The molecule has 2 heterocycles. The third-order valence-electron chi connectivity index (χ3n) is 5.28. The molecule has 0 saturated heterocycles. The van der Waals surface area contributed by atoms with Crippen LogP contribution < -0.4 is 10.5 Å². The number of anilines is 1. The highest BCUT2D eigenvalue weighted by atomic mass is 32.2. The number of nitrogens with zero attached hydrogens (tertiary/aromatic N) is 4. The number of fused-ring (bicyclic) bond motifs is 1. The average molecular weight is 502 g/mol. The van der Waals surface area contributed by atoms with Gasteiger partial charge in [0.2, 0.25) is 5.95 Å². The molecule has 0 radical (unpaired) electrons. The highest BCUT2D eigenvalue weighted by molar-refractivity contribution is 7.90. The van der Waals surface area contributed by atoms with E-state index in [9.17, 15) is 32.2 Å². The molecule has 12 heteroatoms. The van der Waals surface area contributed by atoms with Crippen LogP contribution in [-0.4, -0.2) is 59.3 Å². The maximum absolute atomic E-state index is 14.7. The number of sulfone groups is 1. The van der Waals surface area contributed by atoms with Crippen molar-refractivity contribution in [2.75, 3.05) is 31.0 Å². The van der Waals surface area contributed by atoms with E-state index in [-0.39, 0.29) is 40.7 Å². The zero-order valence-corrected chi connectivity index (χ0v) is 19.2. The molecule has 0 aliphatic heterocycles. The van der Waals surface area contributed by atoms with E-state index in [1.807, 2.05) is 0 Å². The summed E-state index contributed by atoms with van der Waals surface area (Å²) in [6.45, 7) is -1.02. The fourth-order valence-corrected chi connectivity index (χ4v) is 4.23. The second kappa shape index (κ2) is 9.49. The van der Waals surface area contributed by atoms with E-state index in [2.05, 4.69) is 9.97 Å². The van der Waals surface area contributed by atoms with Crippen LogP contribution in [0.2, 0.25) is 0 Å². The molecule has 0 atom stereocenters. The fourth-order valence-electron chi connectivity index (χ4n) is 3.60. The predicted octanol–water partition coefficient (Wildman–Crippen LogP) is 1.88. The van der Waals surface area contributed by atoms with Gasteiger partial charge in [-0.2, -0.15) is 4.98 Å². The lowest BCUT2D eigenvalue weighted by Crippen LogP contribution is -2.30. The minimum atomic E-state index is -3.47. The van der Waals surface area contributed by atoms with E-state index in [1.54, 1.807) is 0 Å². The summed E-state index contributed by atoms with van der Waals surface area (Å²) >= 11 is 0. The Morgan fingerprint density at radius 2 is 1.63 bits per heavy atom. The molecule has 35 heavy (non-hydrogen) atoms. The second-order valence-electron chi connectivity index (χ2n) is 7.61. The Morgan fingerprint density at radius 3 is 2.20 bits per heavy atom. The summed E-state index contributed by atoms with van der Waals surface area (Å²) in [7, 11) is -3.47. The molecule has 182 valence electrons. The van der Waals surface area contributed by atoms with Crippen molar-refractivity contribution in [1.82, 2.24) is 14.5 Å². The van der Waals surface area contributed by atoms with Gasteiger partial charge in [0, 0.05) is 29.8 Å². The number of rotatable bonds is 7. The average Bonchev–Trinajstić information content (AvgIpc) is 2.82. The summed E-state index contributed by atoms with van der Waals surface area (Å²) in [6.07, 6.45) is 1.07. The first kappa shape index (κ1) is 24.4. The second-order valence-corrected chi connectivity index (χ2v) is 9.63. The van der Waals surface area contributed by atoms with E-state index >= 15 is 0 Å². The zero-order valence-electron chi connectivity index (χ0n) is 18.4. The molecule has 0 aliphatic carbocycles. The highest BCUT2D eigenvalue weighted by Gasteiger charge is 2.21. The number of hydrogen-bond acceptors (Lipinski definition) is 8. The summed E-state index contributed by atoms with van der Waals surface area (Å²) in [6, 6.07) is 11.4. The first-order valence-corrected chi connectivity index (χ1v) is 12.2. The molecule has 2 N–H and O–H groups in total. The van der Waals surface area contributed by atoms with Crippen LogP contribution in [-0.2, 0) is 9.84 Å². The molecule has 0 spiro atoms. The van der Waals surface area contributed by atoms with Gasteiger partial charge in [0.05, 0.1) is 17.2 Å². The van der Waals surface area contributed by atoms with Crippen LogP contribution in [0.3, 0.4) is 0 Å². The Kier molecular flexibility index (Phi) is 6.61. The number of halogens is 2. The van der Waals surface area contributed by atoms with Crippen LogP contribution in [0, 0.1) is 11.6 Å². The maximum Gasteiger partial charge on any atom is 0.256 e. The van der Waals surface area contributed by atoms with Crippen molar-refractivity contribution in [1.29, 1.82) is 0 Å². The van der Waals surface area contributed by atoms with Gasteiger partial charge in [0.25, 0.3) is 5.56 Å². The normalized spacial score (nSPS) is 11.7. The van der Waals surface area contributed by atoms with Crippen LogP contribution >= 0.6 is 0 Å². The van der Waals surface area contributed by atoms with E-state index in [0.29, 0.717) is 5.56 Å². The van der Waals surface area contributed by atoms with Gasteiger partial charge in [-0.15, -0.1) is 0 Å². The molecule has 0 bridgehead atoms. The summed E-state index contributed by atoms with van der Waals surface area (Å²) in [5, 5.41) is 19.4. The smallest absolute Gasteiger partial charge is 0.256 e. The molecule has 0 fully saturated rings. The summed E-state index contributed by atoms with van der Waals surface area (Å²) in [4.78, 5) is 22.8. The quantitative estimate of drug-likeness (QED) is 0.367. The van der Waals surface area contributed by atoms with Crippen molar-refractivity contribution in [3.63, 3.8) is 0 Å². The molecule has 4 rings (SSSR count). The summed E-state index contributed by atoms with van der Waals surface area (Å²) in [5.74, 6) is -2.10. The minimum absolute atomic E-state index is 0.0699. The number of aromatic nitrogens is 3. The van der Waals surface area contributed by atoms with Crippen molar-refractivity contribution in [3.8, 4) is 16.9 Å². The molecule has 9 nitrogen and oxygen atoms in total. The predicted molar refractivity (Wildman–Crippen MR) is 125 cm³/mol. The summed E-state index contributed by atoms with van der Waals surface area (Å²) < 4.78 is 53.9. The first-order valence-electron chi connectivity index (χ1n) is 10.3. The number of aliphatic hydroxyl groups excluding tert-OH is 2. The van der Waals surface area contributed by atoms with Crippen molar-refractivity contribution in [2.24, 2.45) is 0 Å². The van der Waals surface area contributed by atoms with Crippen molar-refractivity contribution in [3.05, 3.63) is 76.6 Å². The molecular weight excluding hydrogens is 482 g/mol. The number of pyridine rings is 1. The zero-order chi connectivity index (χ0) is 25.3. The number of para-hydroxylation sites is 1. The van der Waals surface area contributed by atoms with Crippen molar-refractivity contribution in [2.45, 2.75) is 4.90 Å². The van der Waals surface area contributed by atoms with Crippen molar-refractivity contribution >= 4 is 26.8 Å². The van der Waals surface area contributed by atoms with E-state index in [1.165, 1.54) is 35.2 Å². The van der Waals surface area contributed by atoms with Crippen LogP contribution in [0.15, 0.2) is 64.3 Å². The van der Waals surface area contributed by atoms with E-state index < -0.39 is 39.4 Å². The Bertz CT molecular complexity index is 1550. The number of benzene rings is 2. The monoisotopic (exact) mass is 502 g/mol. The van der Waals surface area contributed by atoms with Gasteiger partial charge in [-0.05, 0) is 30.3 Å². The Morgan fingerprint density at radius 1 is 0.971 bits per heavy atom. The van der Waals surface area contributed by atoms with Gasteiger partial charge in [-0.1, -0.05) is 18.2 Å².